The molecule has 10 nitrogen and oxygen atoms in total. The van der Waals surface area contributed by atoms with Crippen molar-refractivity contribution in [3.63, 3.8) is 0 Å². The Balaban J connectivity index is 1.47. The number of hydrogen-bond acceptors (Lipinski definition) is 8. The first-order valence-corrected chi connectivity index (χ1v) is 13.2. The van der Waals surface area contributed by atoms with Gasteiger partial charge >= 0.3 is 0 Å². The predicted octanol–water partition coefficient (Wildman–Crippen LogP) is 2.24. The molecule has 4 atom stereocenters. The molecule has 35 heavy (non-hydrogen) atoms. The molecule has 1 amide bonds. The number of carbonyl (C=O) groups excluding carboxylic acids is 1. The third-order valence-electron chi connectivity index (χ3n) is 6.21. The minimum atomic E-state index is -2.62. The lowest BCUT2D eigenvalue weighted by molar-refractivity contribution is 0.0310. The molecule has 0 aliphatic carbocycles. The van der Waals surface area contributed by atoms with E-state index >= 15 is 0 Å². The van der Waals surface area contributed by atoms with Crippen LogP contribution in [0.4, 0.5) is 15.9 Å². The summed E-state index contributed by atoms with van der Waals surface area (Å²) in [5.41, 5.74) is 1.93. The Hall–Kier alpha value is -3.22. The van der Waals surface area contributed by atoms with Crippen LogP contribution in [0.15, 0.2) is 30.7 Å². The maximum Gasteiger partial charge on any atom is 0.264 e. The summed E-state index contributed by atoms with van der Waals surface area (Å²) in [7, 11) is -2.62. The van der Waals surface area contributed by atoms with Gasteiger partial charge in [-0.25, -0.2) is 18.1 Å². The van der Waals surface area contributed by atoms with Gasteiger partial charge in [0.1, 0.15) is 29.5 Å². The average Bonchev–Trinajstić information content (AvgIpc) is 3.52. The van der Waals surface area contributed by atoms with Crippen molar-refractivity contribution in [3.8, 4) is 5.75 Å². The van der Waals surface area contributed by atoms with Crippen molar-refractivity contribution >= 4 is 38.0 Å². The summed E-state index contributed by atoms with van der Waals surface area (Å²) in [6, 6.07) is 4.17. The third kappa shape index (κ3) is 4.56. The molecule has 2 aliphatic heterocycles. The van der Waals surface area contributed by atoms with Crippen LogP contribution >= 0.6 is 0 Å². The number of ether oxygens (including phenoxy) is 3. The SMILES string of the molecule is CC=S(C)(=O)NC(=O)c1cn2ncnc(Nc3ccc(F)cc3OC3COC4CCOC43)c2c1C. The van der Waals surface area contributed by atoms with E-state index in [0.29, 0.717) is 41.4 Å². The number of aryl methyl sites for hydroxylation is 1. The molecule has 2 aromatic heterocycles. The first-order valence-electron chi connectivity index (χ1n) is 11.2. The van der Waals surface area contributed by atoms with Gasteiger partial charge in [-0.05, 0) is 43.3 Å². The number of carbonyl (C=O) groups is 1. The highest BCUT2D eigenvalue weighted by Crippen LogP contribution is 2.35. The van der Waals surface area contributed by atoms with Crippen LogP contribution < -0.4 is 14.8 Å². The summed E-state index contributed by atoms with van der Waals surface area (Å²) in [6.07, 6.45) is 4.58. The maximum atomic E-state index is 14.1. The van der Waals surface area contributed by atoms with E-state index in [-0.39, 0.29) is 24.1 Å². The summed E-state index contributed by atoms with van der Waals surface area (Å²) in [4.78, 5) is 17.1. The molecule has 4 unspecified atom stereocenters. The standard InChI is InChI=1S/C23H26FN5O5S/c1-4-35(3,31)28-23(30)15-10-29-20(13(15)2)22(25-12-26-29)27-16-6-5-14(24)9-18(16)34-19-11-33-17-7-8-32-21(17)19/h4-6,9-10,12,17,19,21H,7-8,11H2,1-3H3,(H,25,26,27)(H,28,30,31). The first-order chi connectivity index (χ1) is 16.8. The smallest absolute Gasteiger partial charge is 0.264 e. The van der Waals surface area contributed by atoms with E-state index in [2.05, 4.69) is 20.1 Å². The first kappa shape index (κ1) is 23.5. The Bertz CT molecular complexity index is 1420. The number of amides is 1. The highest BCUT2D eigenvalue weighted by atomic mass is 32.2. The van der Waals surface area contributed by atoms with E-state index in [9.17, 15) is 13.4 Å². The summed E-state index contributed by atoms with van der Waals surface area (Å²) in [5, 5.41) is 8.84. The summed E-state index contributed by atoms with van der Waals surface area (Å²) < 4.78 is 48.1. The highest BCUT2D eigenvalue weighted by Gasteiger charge is 2.43. The number of hydrogen-bond donors (Lipinski definition) is 2. The van der Waals surface area contributed by atoms with Gasteiger partial charge in [0.25, 0.3) is 5.91 Å². The van der Waals surface area contributed by atoms with Crippen LogP contribution in [-0.4, -0.2) is 67.9 Å². The zero-order chi connectivity index (χ0) is 24.7. The minimum absolute atomic E-state index is 0.0116. The Morgan fingerprint density at radius 2 is 2.20 bits per heavy atom. The number of nitrogens with zero attached hydrogens (tertiary/aromatic N) is 3. The second-order valence-corrected chi connectivity index (χ2v) is 11.0. The average molecular weight is 504 g/mol. The van der Waals surface area contributed by atoms with E-state index in [0.717, 1.165) is 6.42 Å². The van der Waals surface area contributed by atoms with Crippen molar-refractivity contribution in [2.24, 2.45) is 0 Å². The molecule has 4 heterocycles. The quantitative estimate of drug-likeness (QED) is 0.492. The van der Waals surface area contributed by atoms with Crippen molar-refractivity contribution < 1.29 is 27.6 Å². The largest absolute Gasteiger partial charge is 0.483 e. The van der Waals surface area contributed by atoms with Crippen LogP contribution in [0.1, 0.15) is 29.3 Å². The zero-order valence-corrected chi connectivity index (χ0v) is 20.3. The number of fused-ring (bicyclic) bond motifs is 2. The monoisotopic (exact) mass is 503 g/mol. The molecule has 3 aromatic rings. The third-order valence-corrected chi connectivity index (χ3v) is 7.70. The summed E-state index contributed by atoms with van der Waals surface area (Å²) >= 11 is 0. The van der Waals surface area contributed by atoms with Gasteiger partial charge in [0.2, 0.25) is 0 Å². The van der Waals surface area contributed by atoms with E-state index in [1.807, 2.05) is 0 Å². The maximum absolute atomic E-state index is 14.1. The van der Waals surface area contributed by atoms with Gasteiger partial charge in [-0.2, -0.15) is 5.10 Å². The Labute approximate surface area is 201 Å². The summed E-state index contributed by atoms with van der Waals surface area (Å²) in [5.74, 6) is -0.250. The van der Waals surface area contributed by atoms with Gasteiger partial charge in [0, 0.05) is 34.8 Å². The molecule has 5 rings (SSSR count). The number of nitrogens with one attached hydrogen (secondary N) is 2. The lowest BCUT2D eigenvalue weighted by Gasteiger charge is -2.20. The van der Waals surface area contributed by atoms with Crippen LogP contribution in [-0.2, 0) is 19.2 Å². The van der Waals surface area contributed by atoms with Gasteiger partial charge in [0.15, 0.2) is 11.9 Å². The van der Waals surface area contributed by atoms with Crippen molar-refractivity contribution in [1.29, 1.82) is 0 Å². The van der Waals surface area contributed by atoms with E-state index in [4.69, 9.17) is 14.2 Å². The normalized spacial score (nSPS) is 23.0. The van der Waals surface area contributed by atoms with Gasteiger partial charge in [-0.15, -0.1) is 0 Å². The molecule has 2 N–H and O–H groups in total. The van der Waals surface area contributed by atoms with Gasteiger partial charge in [0.05, 0.1) is 24.0 Å². The molecule has 2 saturated heterocycles. The molecule has 2 aliphatic rings. The lowest BCUT2D eigenvalue weighted by atomic mass is 10.1. The Morgan fingerprint density at radius 3 is 3.00 bits per heavy atom. The fraction of sp³-hybridized carbons (Fsp3) is 0.391. The van der Waals surface area contributed by atoms with Crippen molar-refractivity contribution in [2.75, 3.05) is 24.8 Å². The second-order valence-electron chi connectivity index (χ2n) is 8.56. The number of rotatable bonds is 6. The molecular weight excluding hydrogens is 477 g/mol. The summed E-state index contributed by atoms with van der Waals surface area (Å²) in [6.45, 7) is 4.34. The van der Waals surface area contributed by atoms with E-state index in [1.165, 1.54) is 34.6 Å². The molecule has 12 heteroatoms. The van der Waals surface area contributed by atoms with Gasteiger partial charge in [-0.3, -0.25) is 9.52 Å². The topological polar surface area (TPSA) is 116 Å². The van der Waals surface area contributed by atoms with Crippen LogP contribution in [0, 0.1) is 12.7 Å². The molecular formula is C23H26FN5O5S. The van der Waals surface area contributed by atoms with Gasteiger partial charge in [-0.1, -0.05) is 0 Å². The van der Waals surface area contributed by atoms with Crippen LogP contribution in [0.25, 0.3) is 5.52 Å². The van der Waals surface area contributed by atoms with E-state index in [1.54, 1.807) is 26.1 Å². The Morgan fingerprint density at radius 1 is 1.37 bits per heavy atom. The lowest BCUT2D eigenvalue weighted by Crippen LogP contribution is -2.32. The van der Waals surface area contributed by atoms with Crippen LogP contribution in [0.3, 0.4) is 0 Å². The fourth-order valence-corrected chi connectivity index (χ4v) is 4.89. The number of anilines is 2. The molecule has 1 aromatic carbocycles. The number of halogens is 1. The van der Waals surface area contributed by atoms with Gasteiger partial charge < -0.3 is 19.5 Å². The highest BCUT2D eigenvalue weighted by molar-refractivity contribution is 7.99. The predicted molar refractivity (Wildman–Crippen MR) is 129 cm³/mol. The molecule has 0 radical (unpaired) electrons. The Kier molecular flexibility index (Phi) is 6.11. The van der Waals surface area contributed by atoms with Crippen molar-refractivity contribution in [3.05, 3.63) is 47.7 Å². The van der Waals surface area contributed by atoms with E-state index < -0.39 is 21.4 Å². The zero-order valence-electron chi connectivity index (χ0n) is 19.5. The molecule has 0 saturated carbocycles. The van der Waals surface area contributed by atoms with Crippen LogP contribution in [0.2, 0.25) is 0 Å². The van der Waals surface area contributed by atoms with Crippen LogP contribution in [0.5, 0.6) is 5.75 Å². The van der Waals surface area contributed by atoms with Crippen molar-refractivity contribution in [1.82, 2.24) is 19.3 Å². The minimum Gasteiger partial charge on any atom is -0.483 e. The molecule has 0 bridgehead atoms. The molecule has 186 valence electrons. The number of benzene rings is 1. The second kappa shape index (κ2) is 9.10. The molecule has 0 spiro atoms. The molecule has 2 fully saturated rings. The van der Waals surface area contributed by atoms with Crippen molar-refractivity contribution in [2.45, 2.75) is 38.6 Å². The fourth-order valence-electron chi connectivity index (χ4n) is 4.30. The number of aromatic nitrogens is 3.